The van der Waals surface area contributed by atoms with Gasteiger partial charge in [-0.05, 0) is 36.4 Å². The van der Waals surface area contributed by atoms with Crippen LogP contribution in [-0.2, 0) is 0 Å². The van der Waals surface area contributed by atoms with Crippen LogP contribution in [0, 0.1) is 0 Å². The molecule has 0 atom stereocenters. The van der Waals surface area contributed by atoms with E-state index in [1.54, 1.807) is 36.4 Å². The van der Waals surface area contributed by atoms with Crippen molar-refractivity contribution >= 4 is 39.5 Å². The molecule has 0 saturated carbocycles. The Kier molecular flexibility index (Phi) is 2.33. The summed E-state index contributed by atoms with van der Waals surface area (Å²) >= 11 is 0. The van der Waals surface area contributed by atoms with Gasteiger partial charge in [-0.15, -0.1) is 0 Å². The second-order valence-electron chi connectivity index (χ2n) is 5.22. The molecule has 0 fully saturated rings. The number of aromatic nitrogens is 1. The number of aliphatic imine (C=N–C) groups is 1. The quantitative estimate of drug-likeness (QED) is 0.515. The lowest BCUT2D eigenvalue weighted by Gasteiger charge is -1.97. The Labute approximate surface area is 125 Å². The summed E-state index contributed by atoms with van der Waals surface area (Å²) in [7, 11) is 0. The Morgan fingerprint density at radius 2 is 1.77 bits per heavy atom. The summed E-state index contributed by atoms with van der Waals surface area (Å²) < 4.78 is 0. The highest BCUT2D eigenvalue weighted by Gasteiger charge is 2.29. The van der Waals surface area contributed by atoms with Crippen LogP contribution in [0.4, 0.5) is 17.1 Å². The van der Waals surface area contributed by atoms with Gasteiger partial charge in [0.1, 0.15) is 11.4 Å². The average molecular weight is 292 g/mol. The van der Waals surface area contributed by atoms with Crippen molar-refractivity contribution in [1.29, 1.82) is 0 Å². The van der Waals surface area contributed by atoms with Gasteiger partial charge in [-0.25, -0.2) is 4.99 Å². The van der Waals surface area contributed by atoms with Crippen LogP contribution in [0.3, 0.4) is 0 Å². The van der Waals surface area contributed by atoms with Gasteiger partial charge in [0.25, 0.3) is 0 Å². The maximum atomic E-state index is 12.5. The third kappa shape index (κ3) is 1.61. The summed E-state index contributed by atoms with van der Waals surface area (Å²) in [6.45, 7) is 0. The first-order valence-electron chi connectivity index (χ1n) is 6.68. The Morgan fingerprint density at radius 3 is 2.59 bits per heavy atom. The van der Waals surface area contributed by atoms with Gasteiger partial charge in [-0.2, -0.15) is 0 Å². The summed E-state index contributed by atoms with van der Waals surface area (Å²) in [6.07, 6.45) is 0. The number of benzene rings is 2. The molecule has 4 rings (SSSR count). The average Bonchev–Trinajstić information content (AvgIpc) is 2.96. The van der Waals surface area contributed by atoms with Crippen LogP contribution in [0.2, 0.25) is 0 Å². The Hall–Kier alpha value is -3.28. The van der Waals surface area contributed by atoms with E-state index in [2.05, 4.69) is 9.98 Å². The fourth-order valence-electron chi connectivity index (χ4n) is 2.67. The SMILES string of the molecule is Nc1ccc2c(c1)N=C(c1[nH]c3cc(N)ccc3c1O)C2=O. The highest BCUT2D eigenvalue weighted by atomic mass is 16.3. The van der Waals surface area contributed by atoms with E-state index < -0.39 is 0 Å². The van der Waals surface area contributed by atoms with Crippen molar-refractivity contribution in [3.8, 4) is 5.75 Å². The van der Waals surface area contributed by atoms with Crippen molar-refractivity contribution in [3.63, 3.8) is 0 Å². The van der Waals surface area contributed by atoms with Crippen molar-refractivity contribution in [3.05, 3.63) is 47.7 Å². The molecule has 1 aliphatic rings. The van der Waals surface area contributed by atoms with E-state index in [4.69, 9.17) is 11.5 Å². The lowest BCUT2D eigenvalue weighted by atomic mass is 10.1. The van der Waals surface area contributed by atoms with Gasteiger partial charge < -0.3 is 21.6 Å². The largest absolute Gasteiger partial charge is 0.505 e. The van der Waals surface area contributed by atoms with Gasteiger partial charge in [-0.3, -0.25) is 4.79 Å². The van der Waals surface area contributed by atoms with E-state index in [1.165, 1.54) is 0 Å². The second kappa shape index (κ2) is 4.11. The molecule has 2 heterocycles. The van der Waals surface area contributed by atoms with Gasteiger partial charge in [0.15, 0.2) is 5.75 Å². The molecular formula is C16H12N4O2. The fourth-order valence-corrected chi connectivity index (χ4v) is 2.67. The highest BCUT2D eigenvalue weighted by molar-refractivity contribution is 6.55. The van der Waals surface area contributed by atoms with E-state index in [0.29, 0.717) is 39.2 Å². The van der Waals surface area contributed by atoms with Crippen LogP contribution in [-0.4, -0.2) is 21.6 Å². The molecule has 0 amide bonds. The minimum atomic E-state index is -0.246. The molecule has 0 unspecified atom stereocenters. The summed E-state index contributed by atoms with van der Waals surface area (Å²) in [6, 6.07) is 10.0. The number of carbonyl (C=O) groups is 1. The fraction of sp³-hybridized carbons (Fsp3) is 0. The van der Waals surface area contributed by atoms with Crippen LogP contribution in [0.15, 0.2) is 41.4 Å². The minimum Gasteiger partial charge on any atom is -0.505 e. The van der Waals surface area contributed by atoms with Crippen LogP contribution in [0.1, 0.15) is 16.1 Å². The predicted octanol–water partition coefficient (Wildman–Crippen LogP) is 2.35. The standard InChI is InChI=1S/C16H12N4O2/c17-7-1-3-9-11(5-7)19-13(15(9)21)14-16(22)10-4-2-8(18)6-12(10)20-14/h1-6,19,21H,17-18H2. The zero-order valence-corrected chi connectivity index (χ0v) is 11.4. The first-order valence-corrected chi connectivity index (χ1v) is 6.68. The molecule has 0 saturated heterocycles. The van der Waals surface area contributed by atoms with E-state index >= 15 is 0 Å². The van der Waals surface area contributed by atoms with Gasteiger partial charge in [-0.1, -0.05) is 0 Å². The number of ketones is 1. The summed E-state index contributed by atoms with van der Waals surface area (Å²) in [4.78, 5) is 19.8. The molecule has 6 N–H and O–H groups in total. The molecule has 0 aliphatic carbocycles. The van der Waals surface area contributed by atoms with Gasteiger partial charge in [0, 0.05) is 16.8 Å². The zero-order valence-electron chi connectivity index (χ0n) is 11.4. The highest BCUT2D eigenvalue weighted by Crippen LogP contribution is 2.36. The molecule has 6 nitrogen and oxygen atoms in total. The zero-order chi connectivity index (χ0) is 15.4. The lowest BCUT2D eigenvalue weighted by Crippen LogP contribution is -2.11. The normalized spacial score (nSPS) is 13.5. The Balaban J connectivity index is 1.92. The van der Waals surface area contributed by atoms with E-state index in [9.17, 15) is 9.90 Å². The number of rotatable bonds is 1. The molecule has 6 heteroatoms. The number of fused-ring (bicyclic) bond motifs is 2. The number of aromatic hydroxyl groups is 1. The molecular weight excluding hydrogens is 280 g/mol. The number of nitrogen functional groups attached to an aromatic ring is 2. The summed E-state index contributed by atoms with van der Waals surface area (Å²) in [5, 5.41) is 11.0. The van der Waals surface area contributed by atoms with Gasteiger partial charge in [0.05, 0.1) is 16.8 Å². The minimum absolute atomic E-state index is 0.0112. The number of hydrogen-bond acceptors (Lipinski definition) is 5. The van der Waals surface area contributed by atoms with Gasteiger partial charge in [0.2, 0.25) is 5.78 Å². The van der Waals surface area contributed by atoms with Crippen molar-refractivity contribution in [2.75, 3.05) is 11.5 Å². The molecule has 0 bridgehead atoms. The van der Waals surface area contributed by atoms with E-state index in [1.807, 2.05) is 0 Å². The van der Waals surface area contributed by atoms with Crippen LogP contribution >= 0.6 is 0 Å². The van der Waals surface area contributed by atoms with Gasteiger partial charge >= 0.3 is 0 Å². The summed E-state index contributed by atoms with van der Waals surface area (Å²) in [5.41, 5.74) is 14.7. The maximum Gasteiger partial charge on any atom is 0.215 e. The smallest absolute Gasteiger partial charge is 0.215 e. The molecule has 1 aromatic heterocycles. The Bertz CT molecular complexity index is 985. The van der Waals surface area contributed by atoms with Crippen LogP contribution in [0.25, 0.3) is 10.9 Å². The monoisotopic (exact) mass is 292 g/mol. The number of nitrogens with two attached hydrogens (primary N) is 2. The van der Waals surface area contributed by atoms with Crippen LogP contribution in [0.5, 0.6) is 5.75 Å². The molecule has 0 spiro atoms. The van der Waals surface area contributed by atoms with Crippen molar-refractivity contribution in [2.24, 2.45) is 4.99 Å². The Morgan fingerprint density at radius 1 is 1.05 bits per heavy atom. The third-order valence-corrected chi connectivity index (χ3v) is 3.75. The number of anilines is 2. The topological polar surface area (TPSA) is 117 Å². The third-order valence-electron chi connectivity index (χ3n) is 3.75. The molecule has 1 aliphatic heterocycles. The molecule has 3 aromatic rings. The number of aromatic amines is 1. The van der Waals surface area contributed by atoms with Crippen molar-refractivity contribution in [2.45, 2.75) is 0 Å². The van der Waals surface area contributed by atoms with Crippen LogP contribution < -0.4 is 11.5 Å². The number of carbonyl (C=O) groups excluding carboxylic acids is 1. The van der Waals surface area contributed by atoms with Crippen molar-refractivity contribution < 1.29 is 9.90 Å². The maximum absolute atomic E-state index is 12.5. The van der Waals surface area contributed by atoms with E-state index in [0.717, 1.165) is 0 Å². The van der Waals surface area contributed by atoms with E-state index in [-0.39, 0.29) is 17.2 Å². The molecule has 108 valence electrons. The number of Topliss-reactive ketones (excluding diaryl/α,β-unsaturated/α-hetero) is 1. The predicted molar refractivity (Wildman–Crippen MR) is 85.8 cm³/mol. The molecule has 0 radical (unpaired) electrons. The number of nitrogens with zero attached hydrogens (tertiary/aromatic N) is 1. The lowest BCUT2D eigenvalue weighted by molar-refractivity contribution is 0.107. The van der Waals surface area contributed by atoms with Crippen molar-refractivity contribution in [1.82, 2.24) is 4.98 Å². The summed E-state index contributed by atoms with van der Waals surface area (Å²) in [5.74, 6) is -0.257. The molecule has 22 heavy (non-hydrogen) atoms. The first-order chi connectivity index (χ1) is 10.5. The second-order valence-corrected chi connectivity index (χ2v) is 5.22. The molecule has 2 aromatic carbocycles. The number of H-pyrrole nitrogens is 1. The first kappa shape index (κ1) is 12.5. The number of hydrogen-bond donors (Lipinski definition) is 4. The number of nitrogens with one attached hydrogen (secondary N) is 1.